The van der Waals surface area contributed by atoms with Gasteiger partial charge in [-0.1, -0.05) is 0 Å². The van der Waals surface area contributed by atoms with Crippen LogP contribution in [0.15, 0.2) is 0 Å². The molecule has 10 heavy (non-hydrogen) atoms. The first-order valence-electron chi connectivity index (χ1n) is 2.95. The Labute approximate surface area is 66.5 Å². The van der Waals surface area contributed by atoms with Crippen molar-refractivity contribution < 1.29 is 9.47 Å². The van der Waals surface area contributed by atoms with Gasteiger partial charge in [0.2, 0.25) is 0 Å². The zero-order valence-electron chi connectivity index (χ0n) is 5.97. The summed E-state index contributed by atoms with van der Waals surface area (Å²) >= 11 is 5.51. The summed E-state index contributed by atoms with van der Waals surface area (Å²) in [4.78, 5) is 0. The van der Waals surface area contributed by atoms with Crippen LogP contribution in [0.4, 0.5) is 0 Å². The molecule has 0 aliphatic heterocycles. The Hall–Kier alpha value is -0.230. The number of rotatable bonds is 5. The van der Waals surface area contributed by atoms with E-state index in [2.05, 4.69) is 10.7 Å². The molecule has 0 fully saturated rings. The minimum atomic E-state index is -0.0772. The quantitative estimate of drug-likeness (QED) is 0.344. The van der Waals surface area contributed by atoms with E-state index in [0.29, 0.717) is 12.3 Å². The first-order valence-corrected chi connectivity index (χ1v) is 3.48. The lowest BCUT2D eigenvalue weighted by atomic mass is 10.3. The summed E-state index contributed by atoms with van der Waals surface area (Å²) in [5.74, 6) is 2.87. The van der Waals surface area contributed by atoms with Crippen molar-refractivity contribution in [2.45, 2.75) is 12.5 Å². The van der Waals surface area contributed by atoms with Gasteiger partial charge in [-0.2, -0.15) is 0 Å². The number of ether oxygens (including phenoxy) is 2. The molecule has 0 saturated carbocycles. The van der Waals surface area contributed by atoms with Crippen LogP contribution in [0.25, 0.3) is 0 Å². The van der Waals surface area contributed by atoms with Gasteiger partial charge in [0.15, 0.2) is 0 Å². The van der Waals surface area contributed by atoms with Crippen LogP contribution in [-0.4, -0.2) is 25.9 Å². The third-order valence-corrected chi connectivity index (χ3v) is 1.28. The standard InChI is InChI=1S/C7H11ClO2/c1-3-4-7(5-8)10-6-9-2/h1,7H,4-6H2,2H3/t7-/m0/s1. The normalized spacial score (nSPS) is 12.5. The van der Waals surface area contributed by atoms with Crippen LogP contribution in [-0.2, 0) is 9.47 Å². The van der Waals surface area contributed by atoms with Gasteiger partial charge < -0.3 is 9.47 Å². The molecule has 0 rings (SSSR count). The predicted molar refractivity (Wildman–Crippen MR) is 40.9 cm³/mol. The molecule has 0 amide bonds. The molecule has 3 heteroatoms. The van der Waals surface area contributed by atoms with Crippen molar-refractivity contribution >= 4 is 11.6 Å². The van der Waals surface area contributed by atoms with Crippen LogP contribution >= 0.6 is 11.6 Å². The number of hydrogen-bond donors (Lipinski definition) is 0. The maximum atomic E-state index is 5.51. The third-order valence-electron chi connectivity index (χ3n) is 0.939. The SMILES string of the molecule is C#CC[C@@H](CCl)OCOC. The summed E-state index contributed by atoms with van der Waals surface area (Å²) in [6.07, 6.45) is 5.50. The van der Waals surface area contributed by atoms with Gasteiger partial charge in [-0.3, -0.25) is 0 Å². The van der Waals surface area contributed by atoms with Crippen molar-refractivity contribution in [3.63, 3.8) is 0 Å². The lowest BCUT2D eigenvalue weighted by Crippen LogP contribution is -2.15. The average Bonchev–Trinajstić information content (AvgIpc) is 1.98. The maximum Gasteiger partial charge on any atom is 0.146 e. The highest BCUT2D eigenvalue weighted by Gasteiger charge is 2.03. The Kier molecular flexibility index (Phi) is 6.73. The van der Waals surface area contributed by atoms with Gasteiger partial charge in [0.1, 0.15) is 6.79 Å². The van der Waals surface area contributed by atoms with Crippen LogP contribution in [0.3, 0.4) is 0 Å². The first kappa shape index (κ1) is 9.77. The van der Waals surface area contributed by atoms with Crippen LogP contribution < -0.4 is 0 Å². The Morgan fingerprint density at radius 1 is 1.70 bits per heavy atom. The summed E-state index contributed by atoms with van der Waals surface area (Å²) in [6, 6.07) is 0. The van der Waals surface area contributed by atoms with Crippen molar-refractivity contribution in [1.82, 2.24) is 0 Å². The second-order valence-electron chi connectivity index (χ2n) is 1.76. The molecule has 0 aromatic heterocycles. The fourth-order valence-electron chi connectivity index (χ4n) is 0.454. The Morgan fingerprint density at radius 2 is 2.40 bits per heavy atom. The molecule has 0 bridgehead atoms. The molecule has 0 aliphatic carbocycles. The van der Waals surface area contributed by atoms with E-state index >= 15 is 0 Å². The van der Waals surface area contributed by atoms with E-state index in [4.69, 9.17) is 22.8 Å². The zero-order chi connectivity index (χ0) is 7.82. The summed E-state index contributed by atoms with van der Waals surface area (Å²) < 4.78 is 9.76. The van der Waals surface area contributed by atoms with E-state index in [-0.39, 0.29) is 12.9 Å². The van der Waals surface area contributed by atoms with E-state index < -0.39 is 0 Å². The third kappa shape index (κ3) is 4.63. The van der Waals surface area contributed by atoms with E-state index in [1.807, 2.05) is 0 Å². The monoisotopic (exact) mass is 162 g/mol. The number of methoxy groups -OCH3 is 1. The molecule has 2 nitrogen and oxygen atoms in total. The molecule has 58 valence electrons. The minimum Gasteiger partial charge on any atom is -0.359 e. The first-order chi connectivity index (χ1) is 4.85. The van der Waals surface area contributed by atoms with Crippen molar-refractivity contribution in [2.75, 3.05) is 19.8 Å². The number of alkyl halides is 1. The predicted octanol–water partition coefficient (Wildman–Crippen LogP) is 1.24. The number of halogens is 1. The highest BCUT2D eigenvalue weighted by atomic mass is 35.5. The van der Waals surface area contributed by atoms with Crippen molar-refractivity contribution in [2.24, 2.45) is 0 Å². The lowest BCUT2D eigenvalue weighted by molar-refractivity contribution is -0.0619. The van der Waals surface area contributed by atoms with Gasteiger partial charge in [-0.05, 0) is 0 Å². The van der Waals surface area contributed by atoms with Crippen LogP contribution in [0, 0.1) is 12.3 Å². The Bertz CT molecular complexity index is 109. The molecule has 0 aromatic carbocycles. The molecule has 0 aliphatic rings. The zero-order valence-corrected chi connectivity index (χ0v) is 6.73. The molecule has 0 heterocycles. The molecule has 0 N–H and O–H groups in total. The van der Waals surface area contributed by atoms with Crippen molar-refractivity contribution in [3.8, 4) is 12.3 Å². The second-order valence-corrected chi connectivity index (χ2v) is 2.07. The van der Waals surface area contributed by atoms with Crippen LogP contribution in [0.2, 0.25) is 0 Å². The lowest BCUT2D eigenvalue weighted by Gasteiger charge is -2.10. The van der Waals surface area contributed by atoms with E-state index in [0.717, 1.165) is 0 Å². The smallest absolute Gasteiger partial charge is 0.146 e. The van der Waals surface area contributed by atoms with Crippen LogP contribution in [0.5, 0.6) is 0 Å². The Morgan fingerprint density at radius 3 is 2.80 bits per heavy atom. The second kappa shape index (κ2) is 6.88. The summed E-state index contributed by atoms with van der Waals surface area (Å²) in [5, 5.41) is 0. The number of hydrogen-bond acceptors (Lipinski definition) is 2. The molecule has 0 aromatic rings. The van der Waals surface area contributed by atoms with E-state index in [1.54, 1.807) is 7.11 Å². The highest BCUT2D eigenvalue weighted by Crippen LogP contribution is 1.99. The fourth-order valence-corrected chi connectivity index (χ4v) is 0.652. The number of terminal acetylenes is 1. The van der Waals surface area contributed by atoms with Gasteiger partial charge in [0, 0.05) is 19.4 Å². The molecular formula is C7H11ClO2. The summed E-state index contributed by atoms with van der Waals surface area (Å²) in [7, 11) is 1.56. The highest BCUT2D eigenvalue weighted by molar-refractivity contribution is 6.18. The van der Waals surface area contributed by atoms with Gasteiger partial charge in [0.25, 0.3) is 0 Å². The molecular weight excluding hydrogens is 152 g/mol. The minimum absolute atomic E-state index is 0.0772. The maximum absolute atomic E-state index is 5.51. The fraction of sp³-hybridized carbons (Fsp3) is 0.714. The van der Waals surface area contributed by atoms with E-state index in [1.165, 1.54) is 0 Å². The Balaban J connectivity index is 3.32. The van der Waals surface area contributed by atoms with Gasteiger partial charge >= 0.3 is 0 Å². The van der Waals surface area contributed by atoms with Crippen molar-refractivity contribution in [1.29, 1.82) is 0 Å². The average molecular weight is 163 g/mol. The largest absolute Gasteiger partial charge is 0.359 e. The van der Waals surface area contributed by atoms with Gasteiger partial charge in [-0.25, -0.2) is 0 Å². The topological polar surface area (TPSA) is 18.5 Å². The van der Waals surface area contributed by atoms with Crippen molar-refractivity contribution in [3.05, 3.63) is 0 Å². The molecule has 0 unspecified atom stereocenters. The van der Waals surface area contributed by atoms with Gasteiger partial charge in [0.05, 0.1) is 6.10 Å². The molecule has 1 atom stereocenters. The molecule has 0 spiro atoms. The van der Waals surface area contributed by atoms with Gasteiger partial charge in [-0.15, -0.1) is 23.9 Å². The molecule has 0 saturated heterocycles. The summed E-state index contributed by atoms with van der Waals surface area (Å²) in [5.41, 5.74) is 0. The molecule has 0 radical (unpaired) electrons. The van der Waals surface area contributed by atoms with Crippen LogP contribution in [0.1, 0.15) is 6.42 Å². The van der Waals surface area contributed by atoms with E-state index in [9.17, 15) is 0 Å². The summed E-state index contributed by atoms with van der Waals surface area (Å²) in [6.45, 7) is 0.249.